The Morgan fingerprint density at radius 2 is 1.77 bits per heavy atom. The molecule has 1 saturated heterocycles. The second-order valence-electron chi connectivity index (χ2n) is 9.97. The molecule has 4 heterocycles. The molecule has 0 bridgehead atoms. The summed E-state index contributed by atoms with van der Waals surface area (Å²) in [6, 6.07) is 17.5. The molecule has 4 aromatic rings. The topological polar surface area (TPSA) is 123 Å². The number of carbonyl (C=O) groups is 1. The van der Waals surface area contributed by atoms with Gasteiger partial charge in [0.1, 0.15) is 5.56 Å². The standard InChI is InChI=1S/C28H28N8O3/c37-26-24(30-23(19-6-2-1-3-7-19)20-8-4-5-9-22(20)29-26)31-28-33-32-27(39-28)21-17-36(16-18-10-11-18)34-25(21)35-12-14-38-15-13-35/h1-9,17-18,24H,10-16H2,(H,29,37)(H,31,33)/t24-/m0/s1. The average molecular weight is 525 g/mol. The van der Waals surface area contributed by atoms with Crippen LogP contribution in [-0.4, -0.2) is 64.1 Å². The number of aromatic nitrogens is 4. The van der Waals surface area contributed by atoms with Gasteiger partial charge in [-0.25, -0.2) is 4.99 Å². The smallest absolute Gasteiger partial charge is 0.317 e. The van der Waals surface area contributed by atoms with Crippen LogP contribution in [0.2, 0.25) is 0 Å². The first-order valence-electron chi connectivity index (χ1n) is 13.3. The molecule has 7 rings (SSSR count). The number of carbonyl (C=O) groups excluding carboxylic acids is 1. The van der Waals surface area contributed by atoms with Crippen molar-refractivity contribution >= 4 is 29.1 Å². The first-order valence-corrected chi connectivity index (χ1v) is 13.3. The summed E-state index contributed by atoms with van der Waals surface area (Å²) in [7, 11) is 0. The Kier molecular flexibility index (Phi) is 6.04. The van der Waals surface area contributed by atoms with Crippen molar-refractivity contribution < 1.29 is 13.9 Å². The van der Waals surface area contributed by atoms with E-state index in [-0.39, 0.29) is 11.9 Å². The van der Waals surface area contributed by atoms with E-state index in [9.17, 15) is 4.79 Å². The fraction of sp³-hybridized carbons (Fsp3) is 0.321. The highest BCUT2D eigenvalue weighted by Crippen LogP contribution is 2.34. The summed E-state index contributed by atoms with van der Waals surface area (Å²) in [5, 5.41) is 19.4. The fourth-order valence-electron chi connectivity index (χ4n) is 4.92. The quantitative estimate of drug-likeness (QED) is 0.377. The molecule has 1 atom stereocenters. The predicted molar refractivity (Wildman–Crippen MR) is 146 cm³/mol. The van der Waals surface area contributed by atoms with Crippen molar-refractivity contribution in [3.8, 4) is 11.5 Å². The molecule has 2 N–H and O–H groups in total. The zero-order valence-corrected chi connectivity index (χ0v) is 21.3. The number of amides is 1. The third-order valence-electron chi connectivity index (χ3n) is 7.10. The number of nitrogens with one attached hydrogen (secondary N) is 2. The van der Waals surface area contributed by atoms with Crippen LogP contribution in [0.1, 0.15) is 24.0 Å². The summed E-state index contributed by atoms with van der Waals surface area (Å²) in [6.07, 6.45) is 3.46. The Hall–Kier alpha value is -4.51. The third-order valence-corrected chi connectivity index (χ3v) is 7.10. The Balaban J connectivity index is 1.20. The van der Waals surface area contributed by atoms with Crippen LogP contribution in [0.5, 0.6) is 0 Å². The van der Waals surface area contributed by atoms with Crippen LogP contribution in [0.25, 0.3) is 11.5 Å². The number of hydrogen-bond donors (Lipinski definition) is 2. The van der Waals surface area contributed by atoms with E-state index in [0.717, 1.165) is 42.1 Å². The highest BCUT2D eigenvalue weighted by atomic mass is 16.5. The van der Waals surface area contributed by atoms with Crippen molar-refractivity contribution in [3.05, 3.63) is 71.9 Å². The molecule has 2 aliphatic heterocycles. The summed E-state index contributed by atoms with van der Waals surface area (Å²) >= 11 is 0. The van der Waals surface area contributed by atoms with Gasteiger partial charge in [-0.15, -0.1) is 5.10 Å². The van der Waals surface area contributed by atoms with Gasteiger partial charge in [-0.3, -0.25) is 9.48 Å². The highest BCUT2D eigenvalue weighted by Gasteiger charge is 2.29. The number of nitrogens with zero attached hydrogens (tertiary/aromatic N) is 6. The largest absolute Gasteiger partial charge is 0.403 e. The molecule has 1 amide bonds. The van der Waals surface area contributed by atoms with Crippen molar-refractivity contribution in [1.29, 1.82) is 0 Å². The number of aliphatic imine (C=N–C) groups is 1. The van der Waals surface area contributed by atoms with Crippen LogP contribution in [0, 0.1) is 5.92 Å². The summed E-state index contributed by atoms with van der Waals surface area (Å²) in [4.78, 5) is 20.2. The van der Waals surface area contributed by atoms with E-state index in [1.165, 1.54) is 12.8 Å². The van der Waals surface area contributed by atoms with Crippen molar-refractivity contribution in [3.63, 3.8) is 0 Å². The minimum atomic E-state index is -0.975. The highest BCUT2D eigenvalue weighted by molar-refractivity contribution is 6.19. The van der Waals surface area contributed by atoms with Crippen molar-refractivity contribution in [2.24, 2.45) is 10.9 Å². The Bertz CT molecular complexity index is 1520. The molecule has 3 aliphatic rings. The number of anilines is 3. The van der Waals surface area contributed by atoms with E-state index in [1.54, 1.807) is 0 Å². The molecule has 1 saturated carbocycles. The lowest BCUT2D eigenvalue weighted by Crippen LogP contribution is -2.36. The molecule has 0 radical (unpaired) electrons. The fourth-order valence-corrected chi connectivity index (χ4v) is 4.92. The SMILES string of the molecule is O=C1Nc2ccccc2C(c2ccccc2)=N[C@H]1Nc1nnc(-c2cn(CC3CC3)nc2N2CCOCC2)o1. The molecule has 198 valence electrons. The minimum absolute atomic E-state index is 0.107. The van der Waals surface area contributed by atoms with Crippen molar-refractivity contribution in [2.45, 2.75) is 25.6 Å². The number of fused-ring (bicyclic) bond motifs is 1. The average Bonchev–Trinajstić information content (AvgIpc) is 3.53. The molecule has 0 spiro atoms. The molecule has 2 aromatic heterocycles. The van der Waals surface area contributed by atoms with Crippen LogP contribution >= 0.6 is 0 Å². The van der Waals surface area contributed by atoms with Gasteiger partial charge in [0.25, 0.3) is 11.8 Å². The van der Waals surface area contributed by atoms with Gasteiger partial charge in [0.05, 0.1) is 24.6 Å². The first kappa shape index (κ1) is 23.6. The number of benzene rings is 2. The van der Waals surface area contributed by atoms with Gasteiger partial charge in [0.15, 0.2) is 5.82 Å². The van der Waals surface area contributed by atoms with E-state index < -0.39 is 6.17 Å². The zero-order valence-electron chi connectivity index (χ0n) is 21.3. The summed E-state index contributed by atoms with van der Waals surface area (Å²) in [5.41, 5.74) is 3.89. The van der Waals surface area contributed by atoms with Crippen LogP contribution in [0.3, 0.4) is 0 Å². The number of hydrogen-bond acceptors (Lipinski definition) is 9. The Labute approximate surface area is 224 Å². The van der Waals surface area contributed by atoms with Gasteiger partial charge in [0, 0.05) is 37.0 Å². The maximum Gasteiger partial charge on any atom is 0.317 e. The van der Waals surface area contributed by atoms with Crippen molar-refractivity contribution in [1.82, 2.24) is 20.0 Å². The van der Waals surface area contributed by atoms with E-state index >= 15 is 0 Å². The lowest BCUT2D eigenvalue weighted by Gasteiger charge is -2.27. The molecule has 2 fully saturated rings. The van der Waals surface area contributed by atoms with Gasteiger partial charge >= 0.3 is 6.01 Å². The molecular formula is C28H28N8O3. The first-order chi connectivity index (χ1) is 19.2. The Morgan fingerprint density at radius 1 is 0.974 bits per heavy atom. The Morgan fingerprint density at radius 3 is 2.59 bits per heavy atom. The van der Waals surface area contributed by atoms with Crippen molar-refractivity contribution in [2.75, 3.05) is 41.8 Å². The maximum absolute atomic E-state index is 13.2. The second kappa shape index (κ2) is 9.99. The van der Waals surface area contributed by atoms with Crippen LogP contribution in [0.15, 0.2) is 70.2 Å². The summed E-state index contributed by atoms with van der Waals surface area (Å²) < 4.78 is 13.6. The molecule has 1 aliphatic carbocycles. The van der Waals surface area contributed by atoms with Gasteiger partial charge in [0.2, 0.25) is 6.17 Å². The molecule has 2 aromatic carbocycles. The number of ether oxygens (including phenoxy) is 1. The van der Waals surface area contributed by atoms with Gasteiger partial charge < -0.3 is 24.7 Å². The van der Waals surface area contributed by atoms with E-state index in [0.29, 0.717) is 36.4 Å². The van der Waals surface area contributed by atoms with Crippen LogP contribution in [-0.2, 0) is 16.1 Å². The summed E-state index contributed by atoms with van der Waals surface area (Å²) in [5.74, 6) is 1.50. The molecular weight excluding hydrogens is 496 g/mol. The number of rotatable bonds is 7. The molecule has 11 heteroatoms. The minimum Gasteiger partial charge on any atom is -0.403 e. The van der Waals surface area contributed by atoms with Crippen LogP contribution < -0.4 is 15.5 Å². The zero-order chi connectivity index (χ0) is 26.2. The van der Waals surface area contributed by atoms with Crippen LogP contribution in [0.4, 0.5) is 17.5 Å². The van der Waals surface area contributed by atoms with Gasteiger partial charge in [-0.2, -0.15) is 5.10 Å². The van der Waals surface area contributed by atoms with E-state index in [4.69, 9.17) is 19.2 Å². The molecule has 0 unspecified atom stereocenters. The lowest BCUT2D eigenvalue weighted by atomic mass is 10.0. The number of para-hydroxylation sites is 1. The third kappa shape index (κ3) is 4.88. The lowest BCUT2D eigenvalue weighted by molar-refractivity contribution is -0.116. The predicted octanol–water partition coefficient (Wildman–Crippen LogP) is 3.41. The molecule has 39 heavy (non-hydrogen) atoms. The van der Waals surface area contributed by atoms with Gasteiger partial charge in [-0.1, -0.05) is 53.6 Å². The maximum atomic E-state index is 13.2. The molecule has 11 nitrogen and oxygen atoms in total. The number of benzodiazepines with no additional fused rings is 1. The normalized spacial score (nSPS) is 19.2. The van der Waals surface area contributed by atoms with E-state index in [2.05, 4.69) is 25.7 Å². The summed E-state index contributed by atoms with van der Waals surface area (Å²) in [6.45, 7) is 3.65. The monoisotopic (exact) mass is 524 g/mol. The second-order valence-corrected chi connectivity index (χ2v) is 9.97. The van der Waals surface area contributed by atoms with Gasteiger partial charge in [-0.05, 0) is 24.8 Å². The van der Waals surface area contributed by atoms with E-state index in [1.807, 2.05) is 65.5 Å². The number of morpholine rings is 1.